The smallest absolute Gasteiger partial charge is 0.115 e. The molecule has 3 nitrogen and oxygen atoms in total. The summed E-state index contributed by atoms with van der Waals surface area (Å²) in [7, 11) is -0.918. The summed E-state index contributed by atoms with van der Waals surface area (Å²) in [5, 5.41) is 13.1. The summed E-state index contributed by atoms with van der Waals surface area (Å²) >= 11 is 6.08. The van der Waals surface area contributed by atoms with Crippen LogP contribution in [0.2, 0.25) is 5.02 Å². The van der Waals surface area contributed by atoms with E-state index in [1.165, 1.54) is 0 Å². The minimum Gasteiger partial charge on any atom is -0.508 e. The van der Waals surface area contributed by atoms with Gasteiger partial charge in [0.05, 0.1) is 0 Å². The van der Waals surface area contributed by atoms with Crippen molar-refractivity contribution in [3.8, 4) is 5.75 Å². The standard InChI is InChI=1S/C15H16ClNO2S/c1-20(19)10-12-8-13(4-7-15(12)16)17-9-11-2-5-14(18)6-3-11/h2-8,17-18H,9-10H2,1H3/t20-/m0/s1. The highest BCUT2D eigenvalue weighted by molar-refractivity contribution is 7.83. The van der Waals surface area contributed by atoms with Gasteiger partial charge in [-0.1, -0.05) is 23.7 Å². The van der Waals surface area contributed by atoms with Crippen LogP contribution in [0.3, 0.4) is 0 Å². The van der Waals surface area contributed by atoms with Gasteiger partial charge in [0.15, 0.2) is 0 Å². The fraction of sp³-hybridized carbons (Fsp3) is 0.200. The lowest BCUT2D eigenvalue weighted by molar-refractivity contribution is 0.475. The second-order valence-electron chi connectivity index (χ2n) is 4.54. The van der Waals surface area contributed by atoms with Crippen LogP contribution in [0.1, 0.15) is 11.1 Å². The van der Waals surface area contributed by atoms with Crippen LogP contribution in [0.15, 0.2) is 42.5 Å². The molecular formula is C15H16ClNO2S. The number of rotatable bonds is 5. The summed E-state index contributed by atoms with van der Waals surface area (Å²) in [5.74, 6) is 0.709. The van der Waals surface area contributed by atoms with Gasteiger partial charge in [0.25, 0.3) is 0 Å². The minimum absolute atomic E-state index is 0.257. The molecule has 2 aromatic carbocycles. The van der Waals surface area contributed by atoms with Crippen molar-refractivity contribution in [2.75, 3.05) is 11.6 Å². The molecule has 5 heteroatoms. The molecule has 0 spiro atoms. The fourth-order valence-corrected chi connectivity index (χ4v) is 2.77. The van der Waals surface area contributed by atoms with E-state index >= 15 is 0 Å². The lowest BCUT2D eigenvalue weighted by Crippen LogP contribution is -2.01. The van der Waals surface area contributed by atoms with Crippen molar-refractivity contribution in [3.05, 3.63) is 58.6 Å². The van der Waals surface area contributed by atoms with Crippen LogP contribution in [0.25, 0.3) is 0 Å². The van der Waals surface area contributed by atoms with Gasteiger partial charge >= 0.3 is 0 Å². The Kier molecular flexibility index (Phi) is 5.04. The maximum Gasteiger partial charge on any atom is 0.115 e. The Hall–Kier alpha value is -1.52. The topological polar surface area (TPSA) is 49.3 Å². The molecule has 2 aromatic rings. The average molecular weight is 310 g/mol. The molecular weight excluding hydrogens is 294 g/mol. The number of aromatic hydroxyl groups is 1. The van der Waals surface area contributed by atoms with Crippen LogP contribution < -0.4 is 5.32 Å². The van der Waals surface area contributed by atoms with Gasteiger partial charge in [-0.05, 0) is 41.5 Å². The molecule has 0 aliphatic heterocycles. The average Bonchev–Trinajstić information content (AvgIpc) is 2.41. The second-order valence-corrected chi connectivity index (χ2v) is 6.39. The maximum absolute atomic E-state index is 11.3. The summed E-state index contributed by atoms with van der Waals surface area (Å²) in [6, 6.07) is 12.7. The first-order valence-corrected chi connectivity index (χ1v) is 8.25. The molecule has 0 amide bonds. The van der Waals surface area contributed by atoms with Gasteiger partial charge in [0.2, 0.25) is 0 Å². The first kappa shape index (κ1) is 14.9. The van der Waals surface area contributed by atoms with Crippen LogP contribution in [0, 0.1) is 0 Å². The zero-order valence-corrected chi connectivity index (χ0v) is 12.7. The van der Waals surface area contributed by atoms with Crippen molar-refractivity contribution in [3.63, 3.8) is 0 Å². The summed E-state index contributed by atoms with van der Waals surface area (Å²) in [6.45, 7) is 0.649. The van der Waals surface area contributed by atoms with Crippen molar-refractivity contribution in [1.82, 2.24) is 0 Å². The van der Waals surface area contributed by atoms with Crippen LogP contribution in [0.5, 0.6) is 5.75 Å². The van der Waals surface area contributed by atoms with Gasteiger partial charge < -0.3 is 10.4 Å². The molecule has 0 heterocycles. The largest absolute Gasteiger partial charge is 0.508 e. The molecule has 106 valence electrons. The Morgan fingerprint density at radius 3 is 2.55 bits per heavy atom. The van der Waals surface area contributed by atoms with E-state index in [-0.39, 0.29) is 5.75 Å². The first-order chi connectivity index (χ1) is 9.54. The normalized spacial score (nSPS) is 12.1. The number of hydrogen-bond acceptors (Lipinski definition) is 3. The van der Waals surface area contributed by atoms with Crippen molar-refractivity contribution >= 4 is 28.1 Å². The SMILES string of the molecule is C[S@](=O)Cc1cc(NCc2ccc(O)cc2)ccc1Cl. The maximum atomic E-state index is 11.3. The van der Waals surface area contributed by atoms with Crippen molar-refractivity contribution in [2.45, 2.75) is 12.3 Å². The molecule has 2 rings (SSSR count). The number of nitrogens with one attached hydrogen (secondary N) is 1. The number of hydrogen-bond donors (Lipinski definition) is 2. The van der Waals surface area contributed by atoms with Gasteiger partial charge in [-0.25, -0.2) is 0 Å². The van der Waals surface area contributed by atoms with Crippen molar-refractivity contribution in [1.29, 1.82) is 0 Å². The lowest BCUT2D eigenvalue weighted by Gasteiger charge is -2.10. The number of phenols is 1. The van der Waals surface area contributed by atoms with E-state index in [1.807, 2.05) is 30.3 Å². The fourth-order valence-electron chi connectivity index (χ4n) is 1.83. The summed E-state index contributed by atoms with van der Waals surface area (Å²) in [4.78, 5) is 0. The van der Waals surface area contributed by atoms with Gasteiger partial charge in [-0.3, -0.25) is 4.21 Å². The van der Waals surface area contributed by atoms with Gasteiger partial charge in [0, 0.05) is 40.1 Å². The van der Waals surface area contributed by atoms with E-state index in [4.69, 9.17) is 11.6 Å². The Balaban J connectivity index is 2.06. The predicted octanol–water partition coefficient (Wildman–Crippen LogP) is 3.54. The molecule has 0 aliphatic rings. The van der Waals surface area contributed by atoms with Crippen LogP contribution in [-0.2, 0) is 23.1 Å². The molecule has 1 atom stereocenters. The van der Waals surface area contributed by atoms with Gasteiger partial charge in [0.1, 0.15) is 5.75 Å². The molecule has 2 N–H and O–H groups in total. The monoisotopic (exact) mass is 309 g/mol. The van der Waals surface area contributed by atoms with E-state index in [1.54, 1.807) is 18.4 Å². The highest BCUT2D eigenvalue weighted by Gasteiger charge is 2.04. The molecule has 0 radical (unpaired) electrons. The molecule has 0 bridgehead atoms. The third-order valence-electron chi connectivity index (χ3n) is 2.84. The Labute approximate surface area is 126 Å². The molecule has 0 fully saturated rings. The van der Waals surface area contributed by atoms with E-state index in [9.17, 15) is 9.32 Å². The molecule has 0 saturated carbocycles. The molecule has 20 heavy (non-hydrogen) atoms. The van der Waals surface area contributed by atoms with Crippen LogP contribution in [-0.4, -0.2) is 15.6 Å². The molecule has 0 aromatic heterocycles. The number of benzene rings is 2. The Bertz CT molecular complexity index is 614. The Morgan fingerprint density at radius 1 is 1.20 bits per heavy atom. The summed E-state index contributed by atoms with van der Waals surface area (Å²) in [6.07, 6.45) is 1.66. The van der Waals surface area contributed by atoms with E-state index in [0.29, 0.717) is 17.3 Å². The summed E-state index contributed by atoms with van der Waals surface area (Å²) in [5.41, 5.74) is 2.88. The Morgan fingerprint density at radius 2 is 1.90 bits per heavy atom. The summed E-state index contributed by atoms with van der Waals surface area (Å²) < 4.78 is 11.3. The van der Waals surface area contributed by atoms with Crippen LogP contribution in [0.4, 0.5) is 5.69 Å². The van der Waals surface area contributed by atoms with Gasteiger partial charge in [-0.15, -0.1) is 0 Å². The minimum atomic E-state index is -0.918. The first-order valence-electron chi connectivity index (χ1n) is 6.15. The molecule has 0 saturated heterocycles. The zero-order chi connectivity index (χ0) is 14.5. The zero-order valence-electron chi connectivity index (χ0n) is 11.1. The highest BCUT2D eigenvalue weighted by atomic mass is 35.5. The second kappa shape index (κ2) is 6.77. The third kappa shape index (κ3) is 4.25. The van der Waals surface area contributed by atoms with E-state index in [0.717, 1.165) is 16.8 Å². The quantitative estimate of drug-likeness (QED) is 0.888. The molecule has 0 unspecified atom stereocenters. The van der Waals surface area contributed by atoms with Gasteiger partial charge in [-0.2, -0.15) is 0 Å². The third-order valence-corrected chi connectivity index (χ3v) is 3.92. The van der Waals surface area contributed by atoms with E-state index in [2.05, 4.69) is 5.32 Å². The van der Waals surface area contributed by atoms with Crippen molar-refractivity contribution < 1.29 is 9.32 Å². The lowest BCUT2D eigenvalue weighted by atomic mass is 10.2. The number of phenolic OH excluding ortho intramolecular Hbond substituents is 1. The van der Waals surface area contributed by atoms with Crippen molar-refractivity contribution in [2.24, 2.45) is 0 Å². The predicted molar refractivity (Wildman–Crippen MR) is 84.7 cm³/mol. The number of anilines is 1. The highest BCUT2D eigenvalue weighted by Crippen LogP contribution is 2.22. The molecule has 0 aliphatic carbocycles. The van der Waals surface area contributed by atoms with E-state index < -0.39 is 10.8 Å². The van der Waals surface area contributed by atoms with Crippen LogP contribution >= 0.6 is 11.6 Å². The number of halogens is 1.